The molecule has 0 aliphatic heterocycles. The van der Waals surface area contributed by atoms with Crippen molar-refractivity contribution in [1.29, 1.82) is 0 Å². The zero-order valence-corrected chi connectivity index (χ0v) is 30.3. The van der Waals surface area contributed by atoms with Crippen LogP contribution in [0.15, 0.2) is 182 Å². The molecule has 0 unspecified atom stereocenters. The lowest BCUT2D eigenvalue weighted by Gasteiger charge is -2.13. The van der Waals surface area contributed by atoms with Crippen molar-refractivity contribution in [3.63, 3.8) is 0 Å². The second kappa shape index (κ2) is 11.7. The molecule has 0 aliphatic carbocycles. The molecule has 0 spiro atoms. The number of thiophene rings is 1. The van der Waals surface area contributed by atoms with Crippen molar-refractivity contribution in [2.75, 3.05) is 0 Å². The van der Waals surface area contributed by atoms with E-state index >= 15 is 0 Å². The molecule has 0 amide bonds. The minimum atomic E-state index is 0.875. The molecule has 0 bridgehead atoms. The quantitative estimate of drug-likeness (QED) is 0.182. The number of hydrogen-bond donors (Lipinski definition) is 0. The van der Waals surface area contributed by atoms with E-state index in [0.29, 0.717) is 0 Å². The SMILES string of the molecule is c1ccc(-c2nc3ccccc3nc2-c2ccc(-n3c4ccccc4c4cc5c6ccc7c8ccccc8sc7c6n(-c6ccccc6)c5cc43)cc2)cc1. The van der Waals surface area contributed by atoms with Crippen LogP contribution >= 0.6 is 11.3 Å². The Morgan fingerprint density at radius 2 is 0.927 bits per heavy atom. The average Bonchev–Trinajstić information content (AvgIpc) is 3.90. The first-order valence-electron chi connectivity index (χ1n) is 18.6. The van der Waals surface area contributed by atoms with E-state index in [1.165, 1.54) is 63.8 Å². The van der Waals surface area contributed by atoms with E-state index in [0.717, 1.165) is 44.9 Å². The van der Waals surface area contributed by atoms with Gasteiger partial charge in [-0.25, -0.2) is 9.97 Å². The van der Waals surface area contributed by atoms with Gasteiger partial charge in [0.1, 0.15) is 0 Å². The summed E-state index contributed by atoms with van der Waals surface area (Å²) in [6.07, 6.45) is 0. The molecule has 0 aliphatic rings. The Morgan fingerprint density at radius 1 is 0.364 bits per heavy atom. The normalized spacial score (nSPS) is 12.0. The summed E-state index contributed by atoms with van der Waals surface area (Å²) in [4.78, 5) is 10.3. The van der Waals surface area contributed by atoms with Gasteiger partial charge in [-0.1, -0.05) is 121 Å². The number of fused-ring (bicyclic) bond motifs is 11. The van der Waals surface area contributed by atoms with Crippen molar-refractivity contribution >= 4 is 86.2 Å². The van der Waals surface area contributed by atoms with Crippen LogP contribution in [-0.2, 0) is 0 Å². The smallest absolute Gasteiger partial charge is 0.0973 e. The molecule has 12 rings (SSSR count). The van der Waals surface area contributed by atoms with Crippen molar-refractivity contribution in [3.05, 3.63) is 182 Å². The lowest BCUT2D eigenvalue weighted by atomic mass is 10.0. The van der Waals surface area contributed by atoms with Gasteiger partial charge in [-0.2, -0.15) is 0 Å². The second-order valence-corrected chi connectivity index (χ2v) is 15.2. The van der Waals surface area contributed by atoms with E-state index in [1.807, 2.05) is 41.7 Å². The third-order valence-corrected chi connectivity index (χ3v) is 12.3. The molecule has 12 aromatic rings. The Hall–Kier alpha value is -7.08. The summed E-state index contributed by atoms with van der Waals surface area (Å²) in [6, 6.07) is 65.2. The van der Waals surface area contributed by atoms with Crippen LogP contribution in [0.2, 0.25) is 0 Å². The van der Waals surface area contributed by atoms with Crippen LogP contribution in [0.5, 0.6) is 0 Å². The number of para-hydroxylation sites is 4. The Kier molecular flexibility index (Phi) is 6.47. The van der Waals surface area contributed by atoms with Crippen LogP contribution in [-0.4, -0.2) is 19.1 Å². The predicted octanol–water partition coefficient (Wildman–Crippen LogP) is 13.5. The highest BCUT2D eigenvalue weighted by Gasteiger charge is 2.21. The Morgan fingerprint density at radius 3 is 1.69 bits per heavy atom. The van der Waals surface area contributed by atoms with E-state index in [1.54, 1.807) is 0 Å². The molecule has 0 saturated heterocycles. The first-order chi connectivity index (χ1) is 27.3. The molecule has 0 fully saturated rings. The third kappa shape index (κ3) is 4.51. The predicted molar refractivity (Wildman–Crippen MR) is 232 cm³/mol. The zero-order chi connectivity index (χ0) is 36.0. The summed E-state index contributed by atoms with van der Waals surface area (Å²) in [5, 5.41) is 7.62. The maximum Gasteiger partial charge on any atom is 0.0973 e. The largest absolute Gasteiger partial charge is 0.309 e. The van der Waals surface area contributed by atoms with Crippen LogP contribution < -0.4 is 0 Å². The van der Waals surface area contributed by atoms with Gasteiger partial charge in [0.2, 0.25) is 0 Å². The molecule has 4 aromatic heterocycles. The van der Waals surface area contributed by atoms with Crippen LogP contribution in [0.1, 0.15) is 0 Å². The Balaban J connectivity index is 1.11. The second-order valence-electron chi connectivity index (χ2n) is 14.2. The fourth-order valence-electron chi connectivity index (χ4n) is 8.63. The van der Waals surface area contributed by atoms with Gasteiger partial charge in [0.15, 0.2) is 0 Å². The van der Waals surface area contributed by atoms with Gasteiger partial charge in [-0.05, 0) is 60.7 Å². The molecule has 4 nitrogen and oxygen atoms in total. The highest BCUT2D eigenvalue weighted by atomic mass is 32.1. The van der Waals surface area contributed by atoms with Crippen LogP contribution in [0, 0.1) is 0 Å². The Labute approximate surface area is 319 Å². The first kappa shape index (κ1) is 30.4. The first-order valence-corrected chi connectivity index (χ1v) is 19.4. The molecular weight excluding hydrogens is 689 g/mol. The van der Waals surface area contributed by atoms with E-state index in [9.17, 15) is 0 Å². The number of nitrogens with zero attached hydrogens (tertiary/aromatic N) is 4. The van der Waals surface area contributed by atoms with Gasteiger partial charge in [0, 0.05) is 59.5 Å². The Bertz CT molecular complexity index is 3470. The van der Waals surface area contributed by atoms with Gasteiger partial charge in [-0.15, -0.1) is 11.3 Å². The molecular formula is C50H30N4S. The molecule has 55 heavy (non-hydrogen) atoms. The van der Waals surface area contributed by atoms with Crippen LogP contribution in [0.25, 0.3) is 109 Å². The molecule has 5 heteroatoms. The van der Waals surface area contributed by atoms with Crippen molar-refractivity contribution in [3.8, 4) is 33.9 Å². The molecule has 4 heterocycles. The highest BCUT2D eigenvalue weighted by Crippen LogP contribution is 2.45. The van der Waals surface area contributed by atoms with Gasteiger partial charge >= 0.3 is 0 Å². The summed E-state index contributed by atoms with van der Waals surface area (Å²) >= 11 is 1.89. The van der Waals surface area contributed by atoms with Crippen molar-refractivity contribution < 1.29 is 0 Å². The van der Waals surface area contributed by atoms with E-state index in [2.05, 4.69) is 161 Å². The minimum Gasteiger partial charge on any atom is -0.309 e. The summed E-state index contributed by atoms with van der Waals surface area (Å²) in [7, 11) is 0. The highest BCUT2D eigenvalue weighted by molar-refractivity contribution is 7.26. The number of rotatable bonds is 4. The molecule has 256 valence electrons. The van der Waals surface area contributed by atoms with Crippen LogP contribution in [0.3, 0.4) is 0 Å². The summed E-state index contributed by atoms with van der Waals surface area (Å²) in [5.74, 6) is 0. The minimum absolute atomic E-state index is 0.875. The topological polar surface area (TPSA) is 35.6 Å². The molecule has 0 radical (unpaired) electrons. The lowest BCUT2D eigenvalue weighted by molar-refractivity contribution is 1.17. The van der Waals surface area contributed by atoms with Crippen molar-refractivity contribution in [2.24, 2.45) is 0 Å². The van der Waals surface area contributed by atoms with E-state index in [-0.39, 0.29) is 0 Å². The summed E-state index contributed by atoms with van der Waals surface area (Å²) < 4.78 is 7.53. The zero-order valence-electron chi connectivity index (χ0n) is 29.5. The third-order valence-electron chi connectivity index (χ3n) is 11.1. The number of aromatic nitrogens is 4. The molecule has 0 saturated carbocycles. The summed E-state index contributed by atoms with van der Waals surface area (Å²) in [6.45, 7) is 0. The van der Waals surface area contributed by atoms with E-state index in [4.69, 9.17) is 9.97 Å². The monoisotopic (exact) mass is 718 g/mol. The summed E-state index contributed by atoms with van der Waals surface area (Å²) in [5.41, 5.74) is 12.7. The maximum atomic E-state index is 5.17. The van der Waals surface area contributed by atoms with Gasteiger partial charge in [0.05, 0.1) is 49.2 Å². The van der Waals surface area contributed by atoms with Gasteiger partial charge < -0.3 is 9.13 Å². The average molecular weight is 719 g/mol. The van der Waals surface area contributed by atoms with Crippen molar-refractivity contribution in [1.82, 2.24) is 19.1 Å². The number of hydrogen-bond acceptors (Lipinski definition) is 3. The van der Waals surface area contributed by atoms with Crippen molar-refractivity contribution in [2.45, 2.75) is 0 Å². The fraction of sp³-hybridized carbons (Fsp3) is 0. The van der Waals surface area contributed by atoms with Crippen LogP contribution in [0.4, 0.5) is 0 Å². The molecule has 8 aromatic carbocycles. The van der Waals surface area contributed by atoms with Gasteiger partial charge in [-0.3, -0.25) is 0 Å². The lowest BCUT2D eigenvalue weighted by Crippen LogP contribution is -1.97. The fourth-order valence-corrected chi connectivity index (χ4v) is 9.87. The van der Waals surface area contributed by atoms with Gasteiger partial charge in [0.25, 0.3) is 0 Å². The molecule has 0 N–H and O–H groups in total. The molecule has 0 atom stereocenters. The standard InChI is InChI=1S/C50H30N4S/c1-3-13-31(14-4-1)47-48(52-42-20-10-9-19-41(42)51-47)32-23-25-34(26-24-32)53-43-21-11-7-17-35(43)39-29-40-37-27-28-38-36-18-8-12-22-46(36)55-50(38)49(37)54(45(40)30-44(39)53)33-15-5-2-6-16-33/h1-30H. The van der Waals surface area contributed by atoms with E-state index < -0.39 is 0 Å². The maximum absolute atomic E-state index is 5.17. The number of benzene rings is 8.